The first kappa shape index (κ1) is 25.7. The van der Waals surface area contributed by atoms with Gasteiger partial charge >= 0.3 is 0 Å². The number of aliphatic hydroxyl groups is 1. The van der Waals surface area contributed by atoms with Gasteiger partial charge in [-0.1, -0.05) is 109 Å². The number of benzene rings is 6. The quantitative estimate of drug-likeness (QED) is 0.231. The molecule has 0 bridgehead atoms. The number of nitrogens with zero attached hydrogens (tertiary/aromatic N) is 3. The van der Waals surface area contributed by atoms with Gasteiger partial charge in [0.05, 0.1) is 39.6 Å². The average molecular weight is 568 g/mol. The molecule has 1 atom stereocenters. The average Bonchev–Trinajstić information content (AvgIpc) is 3.55. The molecule has 6 aromatic carbocycles. The summed E-state index contributed by atoms with van der Waals surface area (Å²) in [6.07, 6.45) is -1.14. The zero-order valence-corrected chi connectivity index (χ0v) is 23.6. The molecular weight excluding hydrogens is 542 g/mol. The van der Waals surface area contributed by atoms with Crippen LogP contribution in [0.1, 0.15) is 27.7 Å². The predicted molar refractivity (Wildman–Crippen MR) is 175 cm³/mol. The molecule has 1 aliphatic heterocycles. The van der Waals surface area contributed by atoms with Gasteiger partial charge in [0.2, 0.25) is 0 Å². The SMILES string of the molecule is N#Cc1ccccc1-c1ccc2c3ccccc3n(-c3cccc4c3C(=O)N(c3ccccc3-c3ccccc3)C4O)c2c1. The molecule has 0 spiro atoms. The van der Waals surface area contributed by atoms with Crippen molar-refractivity contribution in [2.45, 2.75) is 6.23 Å². The van der Waals surface area contributed by atoms with Crippen molar-refractivity contribution in [1.82, 2.24) is 4.57 Å². The number of hydrogen-bond acceptors (Lipinski definition) is 3. The fraction of sp³-hybridized carbons (Fsp3) is 0.0256. The van der Waals surface area contributed by atoms with Crippen molar-refractivity contribution < 1.29 is 9.90 Å². The van der Waals surface area contributed by atoms with Crippen LogP contribution in [0.3, 0.4) is 0 Å². The van der Waals surface area contributed by atoms with Crippen LogP contribution in [0.2, 0.25) is 0 Å². The largest absolute Gasteiger partial charge is 0.369 e. The number of hydrogen-bond donors (Lipinski definition) is 1. The molecule has 1 unspecified atom stereocenters. The summed E-state index contributed by atoms with van der Waals surface area (Å²) in [4.78, 5) is 16.0. The number of amides is 1. The number of anilines is 1. The molecule has 0 fully saturated rings. The van der Waals surface area contributed by atoms with Gasteiger partial charge in [-0.15, -0.1) is 0 Å². The van der Waals surface area contributed by atoms with E-state index in [1.165, 1.54) is 4.90 Å². The number of carbonyl (C=O) groups excluding carboxylic acids is 1. The molecule has 0 radical (unpaired) electrons. The Morgan fingerprint density at radius 2 is 1.30 bits per heavy atom. The second-order valence-electron chi connectivity index (χ2n) is 10.9. The molecule has 0 saturated carbocycles. The monoisotopic (exact) mass is 567 g/mol. The van der Waals surface area contributed by atoms with Gasteiger partial charge in [-0.05, 0) is 47.0 Å². The van der Waals surface area contributed by atoms with Crippen molar-refractivity contribution in [1.29, 1.82) is 5.26 Å². The molecular formula is C39H25N3O2. The Bertz CT molecular complexity index is 2300. The molecule has 5 heteroatoms. The van der Waals surface area contributed by atoms with Gasteiger partial charge in [0.1, 0.15) is 0 Å². The highest BCUT2D eigenvalue weighted by Gasteiger charge is 2.40. The predicted octanol–water partition coefficient (Wildman–Crippen LogP) is 8.64. The summed E-state index contributed by atoms with van der Waals surface area (Å²) in [6, 6.07) is 47.5. The number of para-hydroxylation sites is 2. The minimum absolute atomic E-state index is 0.261. The summed E-state index contributed by atoms with van der Waals surface area (Å²) in [5.74, 6) is -0.261. The first-order chi connectivity index (χ1) is 21.7. The lowest BCUT2D eigenvalue weighted by Gasteiger charge is -2.24. The lowest BCUT2D eigenvalue weighted by molar-refractivity contribution is 0.0935. The third kappa shape index (κ3) is 3.79. The van der Waals surface area contributed by atoms with Gasteiger partial charge < -0.3 is 9.67 Å². The second-order valence-corrected chi connectivity index (χ2v) is 10.9. The normalized spacial score (nSPS) is 14.2. The maximum Gasteiger partial charge on any atom is 0.263 e. The molecule has 5 nitrogen and oxygen atoms in total. The van der Waals surface area contributed by atoms with Crippen LogP contribution in [0.4, 0.5) is 5.69 Å². The first-order valence-corrected chi connectivity index (χ1v) is 14.5. The Hall–Kier alpha value is -5.96. The maximum atomic E-state index is 14.5. The fourth-order valence-electron chi connectivity index (χ4n) is 6.58. The highest BCUT2D eigenvalue weighted by molar-refractivity contribution is 6.16. The molecule has 2 heterocycles. The molecule has 1 aliphatic rings. The molecule has 44 heavy (non-hydrogen) atoms. The van der Waals surface area contributed by atoms with Gasteiger partial charge in [-0.3, -0.25) is 9.69 Å². The van der Waals surface area contributed by atoms with Crippen LogP contribution in [-0.2, 0) is 0 Å². The Morgan fingerprint density at radius 1 is 0.614 bits per heavy atom. The zero-order valence-electron chi connectivity index (χ0n) is 23.6. The van der Waals surface area contributed by atoms with Crippen LogP contribution in [0.5, 0.6) is 0 Å². The van der Waals surface area contributed by atoms with Crippen LogP contribution in [-0.4, -0.2) is 15.6 Å². The zero-order chi connectivity index (χ0) is 29.8. The highest BCUT2D eigenvalue weighted by Crippen LogP contribution is 2.44. The van der Waals surface area contributed by atoms with Gasteiger partial charge in [-0.2, -0.15) is 5.26 Å². The van der Waals surface area contributed by atoms with Crippen molar-refractivity contribution in [3.05, 3.63) is 156 Å². The smallest absolute Gasteiger partial charge is 0.263 e. The fourth-order valence-corrected chi connectivity index (χ4v) is 6.58. The van der Waals surface area contributed by atoms with E-state index in [2.05, 4.69) is 34.9 Å². The van der Waals surface area contributed by atoms with E-state index in [1.54, 1.807) is 0 Å². The molecule has 1 amide bonds. The van der Waals surface area contributed by atoms with Crippen molar-refractivity contribution >= 4 is 33.4 Å². The van der Waals surface area contributed by atoms with E-state index >= 15 is 0 Å². The summed E-state index contributed by atoms with van der Waals surface area (Å²) in [7, 11) is 0. The van der Waals surface area contributed by atoms with Gasteiger partial charge in [-0.25, -0.2) is 0 Å². The van der Waals surface area contributed by atoms with Crippen molar-refractivity contribution in [2.24, 2.45) is 0 Å². The van der Waals surface area contributed by atoms with Crippen LogP contribution in [0.25, 0.3) is 49.7 Å². The Morgan fingerprint density at radius 3 is 2.14 bits per heavy atom. The highest BCUT2D eigenvalue weighted by atomic mass is 16.3. The minimum atomic E-state index is -1.14. The standard InChI is InChI=1S/C39H25N3O2/c40-24-27-13-4-5-14-28(27)26-21-22-31-30-16-7-9-19-34(30)41(36(31)23-26)35-20-10-17-32-37(35)39(44)42(38(32)43)33-18-8-6-15-29(33)25-11-2-1-3-12-25/h1-23,38,43H. The number of fused-ring (bicyclic) bond motifs is 4. The van der Waals surface area contributed by atoms with Crippen LogP contribution in [0.15, 0.2) is 140 Å². The van der Waals surface area contributed by atoms with E-state index in [9.17, 15) is 15.2 Å². The summed E-state index contributed by atoms with van der Waals surface area (Å²) >= 11 is 0. The Labute approximate surface area is 254 Å². The Kier molecular flexibility index (Phi) is 5.90. The summed E-state index contributed by atoms with van der Waals surface area (Å²) < 4.78 is 2.11. The van der Waals surface area contributed by atoms with E-state index < -0.39 is 6.23 Å². The minimum Gasteiger partial charge on any atom is -0.369 e. The number of aliphatic hydroxyl groups excluding tert-OH is 1. The van der Waals surface area contributed by atoms with Crippen molar-refractivity contribution in [3.8, 4) is 34.0 Å². The van der Waals surface area contributed by atoms with E-state index in [-0.39, 0.29) is 5.91 Å². The number of nitriles is 1. The first-order valence-electron chi connectivity index (χ1n) is 14.5. The number of aromatic nitrogens is 1. The van der Waals surface area contributed by atoms with E-state index in [0.29, 0.717) is 28.1 Å². The summed E-state index contributed by atoms with van der Waals surface area (Å²) in [5, 5.41) is 23.6. The summed E-state index contributed by atoms with van der Waals surface area (Å²) in [5.41, 5.74) is 8.43. The topological polar surface area (TPSA) is 69.3 Å². The molecule has 8 rings (SSSR count). The molecule has 1 aromatic heterocycles. The van der Waals surface area contributed by atoms with Gasteiger partial charge in [0, 0.05) is 21.9 Å². The third-order valence-electron chi connectivity index (χ3n) is 8.55. The van der Waals surface area contributed by atoms with E-state index in [4.69, 9.17) is 0 Å². The third-order valence-corrected chi connectivity index (χ3v) is 8.55. The molecule has 208 valence electrons. The molecule has 7 aromatic rings. The van der Waals surface area contributed by atoms with Crippen molar-refractivity contribution in [2.75, 3.05) is 4.90 Å². The number of rotatable bonds is 4. The molecule has 0 aliphatic carbocycles. The van der Waals surface area contributed by atoms with Crippen LogP contribution >= 0.6 is 0 Å². The van der Waals surface area contributed by atoms with Gasteiger partial charge in [0.25, 0.3) is 5.91 Å². The van der Waals surface area contributed by atoms with Gasteiger partial charge in [0.15, 0.2) is 6.23 Å². The van der Waals surface area contributed by atoms with Crippen LogP contribution in [0, 0.1) is 11.3 Å². The maximum absolute atomic E-state index is 14.5. The molecule has 1 N–H and O–H groups in total. The van der Waals surface area contributed by atoms with Crippen LogP contribution < -0.4 is 4.90 Å². The van der Waals surface area contributed by atoms with Crippen molar-refractivity contribution in [3.63, 3.8) is 0 Å². The lowest BCUT2D eigenvalue weighted by atomic mass is 9.99. The number of carbonyl (C=O) groups is 1. The molecule has 0 saturated heterocycles. The lowest BCUT2D eigenvalue weighted by Crippen LogP contribution is -2.28. The second kappa shape index (κ2) is 10.1. The Balaban J connectivity index is 1.35. The van der Waals surface area contributed by atoms with E-state index in [1.807, 2.05) is 115 Å². The van der Waals surface area contributed by atoms with E-state index in [0.717, 1.165) is 44.1 Å². The summed E-state index contributed by atoms with van der Waals surface area (Å²) in [6.45, 7) is 0.